The fourth-order valence-corrected chi connectivity index (χ4v) is 4.86. The van der Waals surface area contributed by atoms with Crippen LogP contribution in [0.2, 0.25) is 10.0 Å². The van der Waals surface area contributed by atoms with E-state index in [1.165, 1.54) is 0 Å². The number of nitrogens with zero attached hydrogens (tertiary/aromatic N) is 3. The number of oxazole rings is 1. The molecular weight excluding hydrogens is 529 g/mol. The maximum Gasteiger partial charge on any atom is 0.317 e. The number of ether oxygens (including phenoxy) is 1. The van der Waals surface area contributed by atoms with Gasteiger partial charge in [-0.15, -0.1) is 0 Å². The predicted molar refractivity (Wildman–Crippen MR) is 147 cm³/mol. The molecule has 0 atom stereocenters. The Kier molecular flexibility index (Phi) is 7.40. The minimum Gasteiger partial charge on any atom is -0.496 e. The van der Waals surface area contributed by atoms with Crippen molar-refractivity contribution in [1.82, 2.24) is 15.2 Å². The Balaban J connectivity index is 1.13. The van der Waals surface area contributed by atoms with Crippen LogP contribution in [0.5, 0.6) is 5.75 Å². The highest BCUT2D eigenvalue weighted by Crippen LogP contribution is 2.46. The second-order valence-electron chi connectivity index (χ2n) is 9.62. The van der Waals surface area contributed by atoms with E-state index in [4.69, 9.17) is 32.4 Å². The second-order valence-corrected chi connectivity index (χ2v) is 10.4. The van der Waals surface area contributed by atoms with Gasteiger partial charge in [0, 0.05) is 57.1 Å². The standard InChI is InChI=1S/C27H29Cl2N5O4/c1-17-30-15-24(38-17)20-5-4-19(14-23(20)37-2)33-9-11-34(12-10-33)26(36)31-16-27(7-8-27)25(35)32-18-3-6-21(28)22(29)13-18/h3-6,13-15H,7-12,16H2,1-2H3,(H,31,36)(H,32,35). The number of amides is 3. The van der Waals surface area contributed by atoms with Gasteiger partial charge >= 0.3 is 6.03 Å². The van der Waals surface area contributed by atoms with E-state index in [-0.39, 0.29) is 11.9 Å². The molecule has 0 spiro atoms. The average molecular weight is 558 g/mol. The quantitative estimate of drug-likeness (QED) is 0.413. The van der Waals surface area contributed by atoms with Crippen molar-refractivity contribution in [2.45, 2.75) is 19.8 Å². The zero-order valence-electron chi connectivity index (χ0n) is 21.2. The fraction of sp³-hybridized carbons (Fsp3) is 0.370. The Morgan fingerprint density at radius 1 is 1.08 bits per heavy atom. The van der Waals surface area contributed by atoms with Crippen molar-refractivity contribution in [3.63, 3.8) is 0 Å². The van der Waals surface area contributed by atoms with Crippen molar-refractivity contribution in [2.75, 3.05) is 50.1 Å². The maximum atomic E-state index is 12.9. The first-order valence-corrected chi connectivity index (χ1v) is 13.2. The highest BCUT2D eigenvalue weighted by atomic mass is 35.5. The van der Waals surface area contributed by atoms with E-state index in [1.54, 1.807) is 43.3 Å². The largest absolute Gasteiger partial charge is 0.496 e. The molecular formula is C27H29Cl2N5O4. The Morgan fingerprint density at radius 2 is 1.84 bits per heavy atom. The van der Waals surface area contributed by atoms with Crippen LogP contribution in [0.25, 0.3) is 11.3 Å². The van der Waals surface area contributed by atoms with E-state index in [2.05, 4.69) is 20.5 Å². The van der Waals surface area contributed by atoms with E-state index < -0.39 is 5.41 Å². The minimum atomic E-state index is -0.593. The van der Waals surface area contributed by atoms with Gasteiger partial charge in [0.15, 0.2) is 11.7 Å². The summed E-state index contributed by atoms with van der Waals surface area (Å²) in [5, 5.41) is 6.66. The second kappa shape index (κ2) is 10.7. The first-order chi connectivity index (χ1) is 18.3. The van der Waals surface area contributed by atoms with E-state index >= 15 is 0 Å². The molecule has 11 heteroatoms. The molecule has 1 aliphatic heterocycles. The summed E-state index contributed by atoms with van der Waals surface area (Å²) in [4.78, 5) is 33.9. The van der Waals surface area contributed by atoms with Gasteiger partial charge in [0.2, 0.25) is 5.91 Å². The lowest BCUT2D eigenvalue weighted by Crippen LogP contribution is -2.53. The van der Waals surface area contributed by atoms with E-state index in [9.17, 15) is 9.59 Å². The SMILES string of the molecule is COc1cc(N2CCN(C(=O)NCC3(C(=O)Nc4ccc(Cl)c(Cl)c4)CC3)CC2)ccc1-c1cnc(C)o1. The maximum absolute atomic E-state index is 12.9. The Morgan fingerprint density at radius 3 is 2.47 bits per heavy atom. The van der Waals surface area contributed by atoms with Crippen LogP contribution in [0.1, 0.15) is 18.7 Å². The number of methoxy groups -OCH3 is 1. The van der Waals surface area contributed by atoms with Crippen molar-refractivity contribution in [3.05, 3.63) is 58.5 Å². The summed E-state index contributed by atoms with van der Waals surface area (Å²) in [6.45, 7) is 4.59. The normalized spacial score (nSPS) is 16.2. The molecule has 38 heavy (non-hydrogen) atoms. The van der Waals surface area contributed by atoms with Crippen LogP contribution >= 0.6 is 23.2 Å². The van der Waals surface area contributed by atoms with Gasteiger partial charge < -0.3 is 29.6 Å². The highest BCUT2D eigenvalue weighted by molar-refractivity contribution is 6.42. The number of urea groups is 1. The third-order valence-electron chi connectivity index (χ3n) is 7.09. The smallest absolute Gasteiger partial charge is 0.317 e. The van der Waals surface area contributed by atoms with Crippen LogP contribution in [-0.2, 0) is 4.79 Å². The van der Waals surface area contributed by atoms with Crippen LogP contribution in [-0.4, -0.2) is 61.7 Å². The average Bonchev–Trinajstić information content (AvgIpc) is 3.61. The minimum absolute atomic E-state index is 0.126. The Labute approximate surface area is 231 Å². The number of rotatable bonds is 7. The molecule has 200 valence electrons. The van der Waals surface area contributed by atoms with Crippen molar-refractivity contribution in [3.8, 4) is 17.1 Å². The highest BCUT2D eigenvalue weighted by Gasteiger charge is 2.50. The molecule has 2 aromatic carbocycles. The summed E-state index contributed by atoms with van der Waals surface area (Å²) in [5.41, 5.74) is 1.84. The van der Waals surface area contributed by atoms with Crippen molar-refractivity contribution < 1.29 is 18.7 Å². The molecule has 2 aliphatic rings. The van der Waals surface area contributed by atoms with Gasteiger partial charge in [-0.3, -0.25) is 4.79 Å². The molecule has 0 unspecified atom stereocenters. The van der Waals surface area contributed by atoms with Gasteiger partial charge in [-0.05, 0) is 43.2 Å². The monoisotopic (exact) mass is 557 g/mol. The third kappa shape index (κ3) is 5.54. The fourth-order valence-electron chi connectivity index (χ4n) is 4.56. The molecule has 3 aromatic rings. The van der Waals surface area contributed by atoms with Gasteiger partial charge in [0.05, 0.1) is 34.3 Å². The number of carbonyl (C=O) groups excluding carboxylic acids is 2. The number of hydrogen-bond donors (Lipinski definition) is 2. The zero-order chi connectivity index (χ0) is 26.9. The summed E-state index contributed by atoms with van der Waals surface area (Å²) in [6, 6.07) is 10.8. The third-order valence-corrected chi connectivity index (χ3v) is 7.83. The van der Waals surface area contributed by atoms with Gasteiger partial charge in [-0.1, -0.05) is 23.2 Å². The lowest BCUT2D eigenvalue weighted by Gasteiger charge is -2.36. The molecule has 2 N–H and O–H groups in total. The molecule has 9 nitrogen and oxygen atoms in total. The Bertz CT molecular complexity index is 1350. The van der Waals surface area contributed by atoms with Crippen molar-refractivity contribution in [2.24, 2.45) is 5.41 Å². The van der Waals surface area contributed by atoms with Crippen LogP contribution < -0.4 is 20.3 Å². The number of hydrogen-bond acceptors (Lipinski definition) is 6. The molecule has 2 heterocycles. The summed E-state index contributed by atoms with van der Waals surface area (Å²) >= 11 is 12.0. The van der Waals surface area contributed by atoms with Gasteiger partial charge in [0.1, 0.15) is 5.75 Å². The first-order valence-electron chi connectivity index (χ1n) is 12.4. The molecule has 1 saturated carbocycles. The lowest BCUT2D eigenvalue weighted by molar-refractivity contribution is -0.120. The van der Waals surface area contributed by atoms with Crippen LogP contribution in [0.15, 0.2) is 47.0 Å². The molecule has 0 radical (unpaired) electrons. The topological polar surface area (TPSA) is 99.9 Å². The molecule has 3 amide bonds. The van der Waals surface area contributed by atoms with Crippen LogP contribution in [0, 0.1) is 12.3 Å². The number of nitrogens with one attached hydrogen (secondary N) is 2. The first kappa shape index (κ1) is 26.2. The molecule has 0 bridgehead atoms. The number of carbonyl (C=O) groups is 2. The van der Waals surface area contributed by atoms with E-state index in [1.807, 2.05) is 18.2 Å². The van der Waals surface area contributed by atoms with E-state index in [0.717, 1.165) is 24.1 Å². The van der Waals surface area contributed by atoms with E-state index in [0.29, 0.717) is 65.9 Å². The van der Waals surface area contributed by atoms with Crippen LogP contribution in [0.4, 0.5) is 16.2 Å². The van der Waals surface area contributed by atoms with Crippen molar-refractivity contribution in [1.29, 1.82) is 0 Å². The summed E-state index contributed by atoms with van der Waals surface area (Å²) < 4.78 is 11.3. The molecule has 5 rings (SSSR count). The summed E-state index contributed by atoms with van der Waals surface area (Å²) in [7, 11) is 1.63. The predicted octanol–water partition coefficient (Wildman–Crippen LogP) is 5.22. The summed E-state index contributed by atoms with van der Waals surface area (Å²) in [5.74, 6) is 1.83. The summed E-state index contributed by atoms with van der Waals surface area (Å²) in [6.07, 6.45) is 3.13. The molecule has 2 fully saturated rings. The van der Waals surface area contributed by atoms with Crippen LogP contribution in [0.3, 0.4) is 0 Å². The number of aryl methyl sites for hydroxylation is 1. The number of benzene rings is 2. The lowest BCUT2D eigenvalue weighted by atomic mass is 10.1. The van der Waals surface area contributed by atoms with Gasteiger partial charge in [-0.25, -0.2) is 9.78 Å². The number of piperazine rings is 1. The van der Waals surface area contributed by atoms with Gasteiger partial charge in [0.25, 0.3) is 0 Å². The number of halogens is 2. The number of anilines is 2. The van der Waals surface area contributed by atoms with Crippen molar-refractivity contribution >= 4 is 46.5 Å². The molecule has 1 aliphatic carbocycles. The number of aromatic nitrogens is 1. The Hall–Kier alpha value is -3.43. The molecule has 1 aromatic heterocycles. The zero-order valence-corrected chi connectivity index (χ0v) is 22.7. The molecule has 1 saturated heterocycles. The van der Waals surface area contributed by atoms with Gasteiger partial charge in [-0.2, -0.15) is 0 Å².